The molecule has 3 heteroatoms. The van der Waals surface area contributed by atoms with E-state index in [1.54, 1.807) is 0 Å². The van der Waals surface area contributed by atoms with Crippen LogP contribution in [0.5, 0.6) is 0 Å². The third kappa shape index (κ3) is 3.45. The summed E-state index contributed by atoms with van der Waals surface area (Å²) in [5, 5.41) is 0. The van der Waals surface area contributed by atoms with Crippen LogP contribution in [-0.2, 0) is 0 Å². The molecule has 18 heavy (non-hydrogen) atoms. The summed E-state index contributed by atoms with van der Waals surface area (Å²) in [7, 11) is 0. The summed E-state index contributed by atoms with van der Waals surface area (Å²) in [6.45, 7) is 7.68. The van der Waals surface area contributed by atoms with E-state index in [2.05, 4.69) is 29.8 Å². The maximum atomic E-state index is 5.95. The fourth-order valence-corrected chi connectivity index (χ4v) is 2.14. The number of hydrogen-bond donors (Lipinski definition) is 1. The molecule has 3 nitrogen and oxygen atoms in total. The summed E-state index contributed by atoms with van der Waals surface area (Å²) in [4.78, 5) is 7.00. The van der Waals surface area contributed by atoms with Crippen molar-refractivity contribution in [1.82, 2.24) is 4.98 Å². The maximum absolute atomic E-state index is 5.95. The maximum Gasteiger partial charge on any atom is 0.129 e. The van der Waals surface area contributed by atoms with Crippen molar-refractivity contribution < 1.29 is 0 Å². The molecule has 2 N–H and O–H groups in total. The van der Waals surface area contributed by atoms with Crippen molar-refractivity contribution in [3.05, 3.63) is 23.9 Å². The molecule has 0 bridgehead atoms. The molecule has 1 saturated carbocycles. The van der Waals surface area contributed by atoms with Gasteiger partial charge in [-0.2, -0.15) is 0 Å². The fourth-order valence-electron chi connectivity index (χ4n) is 2.14. The number of pyridine rings is 1. The molecule has 0 aromatic carbocycles. The molecular weight excluding hydrogens is 222 g/mol. The summed E-state index contributed by atoms with van der Waals surface area (Å²) in [5.74, 6) is 1.84. The van der Waals surface area contributed by atoms with Gasteiger partial charge in [0.15, 0.2) is 0 Å². The van der Waals surface area contributed by atoms with Gasteiger partial charge in [-0.25, -0.2) is 4.98 Å². The standard InChI is InChI=1S/C15H25N3/c1-11(2)7-9-18(14-4-5-14)15-10-13(12(3)16)6-8-17-15/h6,8,10-12,14H,4-5,7,9,16H2,1-3H3/t12-/m0/s1. The molecule has 0 spiro atoms. The molecule has 1 atom stereocenters. The highest BCUT2D eigenvalue weighted by molar-refractivity contribution is 5.44. The highest BCUT2D eigenvalue weighted by Crippen LogP contribution is 2.31. The van der Waals surface area contributed by atoms with E-state index in [-0.39, 0.29) is 6.04 Å². The zero-order chi connectivity index (χ0) is 13.1. The van der Waals surface area contributed by atoms with Gasteiger partial charge in [0.25, 0.3) is 0 Å². The summed E-state index contributed by atoms with van der Waals surface area (Å²) < 4.78 is 0. The van der Waals surface area contributed by atoms with E-state index in [4.69, 9.17) is 5.73 Å². The lowest BCUT2D eigenvalue weighted by Crippen LogP contribution is -2.28. The summed E-state index contributed by atoms with van der Waals surface area (Å²) in [6, 6.07) is 4.96. The van der Waals surface area contributed by atoms with E-state index >= 15 is 0 Å². The lowest BCUT2D eigenvalue weighted by Gasteiger charge is -2.25. The Kier molecular flexibility index (Phi) is 4.23. The second-order valence-electron chi connectivity index (χ2n) is 5.84. The van der Waals surface area contributed by atoms with Gasteiger partial charge in [0.05, 0.1) is 0 Å². The van der Waals surface area contributed by atoms with Crippen molar-refractivity contribution in [2.75, 3.05) is 11.4 Å². The van der Waals surface area contributed by atoms with Gasteiger partial charge >= 0.3 is 0 Å². The molecular formula is C15H25N3. The first-order valence-electron chi connectivity index (χ1n) is 7.06. The van der Waals surface area contributed by atoms with E-state index in [1.165, 1.54) is 24.8 Å². The molecule has 1 fully saturated rings. The second kappa shape index (κ2) is 5.70. The monoisotopic (exact) mass is 247 g/mol. The molecule has 1 aliphatic carbocycles. The summed E-state index contributed by atoms with van der Waals surface area (Å²) >= 11 is 0. The van der Waals surface area contributed by atoms with Crippen LogP contribution < -0.4 is 10.6 Å². The van der Waals surface area contributed by atoms with Crippen molar-refractivity contribution in [2.24, 2.45) is 11.7 Å². The first-order valence-corrected chi connectivity index (χ1v) is 7.06. The largest absolute Gasteiger partial charge is 0.354 e. The number of nitrogens with zero attached hydrogens (tertiary/aromatic N) is 2. The number of aromatic nitrogens is 1. The summed E-state index contributed by atoms with van der Waals surface area (Å²) in [5.41, 5.74) is 7.13. The molecule has 1 heterocycles. The molecule has 2 rings (SSSR count). The first-order chi connectivity index (χ1) is 8.58. The van der Waals surface area contributed by atoms with Crippen LogP contribution in [-0.4, -0.2) is 17.6 Å². The SMILES string of the molecule is CC(C)CCN(c1cc([C@H](C)N)ccn1)C1CC1. The van der Waals surface area contributed by atoms with E-state index in [9.17, 15) is 0 Å². The van der Waals surface area contributed by atoms with E-state index in [0.717, 1.165) is 18.3 Å². The number of anilines is 1. The van der Waals surface area contributed by atoms with Gasteiger partial charge < -0.3 is 10.6 Å². The van der Waals surface area contributed by atoms with Crippen LogP contribution in [0.2, 0.25) is 0 Å². The predicted octanol–water partition coefficient (Wildman–Crippen LogP) is 3.12. The Morgan fingerprint density at radius 1 is 1.39 bits per heavy atom. The second-order valence-corrected chi connectivity index (χ2v) is 5.84. The van der Waals surface area contributed by atoms with Crippen LogP contribution in [0.4, 0.5) is 5.82 Å². The highest BCUT2D eigenvalue weighted by atomic mass is 15.2. The fraction of sp³-hybridized carbons (Fsp3) is 0.667. The molecule has 0 amide bonds. The topological polar surface area (TPSA) is 42.1 Å². The van der Waals surface area contributed by atoms with E-state index in [0.29, 0.717) is 6.04 Å². The van der Waals surface area contributed by atoms with Crippen LogP contribution in [0.3, 0.4) is 0 Å². The normalized spacial score (nSPS) is 16.9. The first kappa shape index (κ1) is 13.3. The molecule has 0 radical (unpaired) electrons. The third-order valence-electron chi connectivity index (χ3n) is 3.52. The Labute approximate surface area is 110 Å². The minimum atomic E-state index is 0.0814. The van der Waals surface area contributed by atoms with Crippen molar-refractivity contribution in [2.45, 2.75) is 52.1 Å². The molecule has 0 saturated heterocycles. The van der Waals surface area contributed by atoms with Crippen LogP contribution in [0, 0.1) is 5.92 Å². The lowest BCUT2D eigenvalue weighted by atomic mass is 10.1. The number of nitrogens with two attached hydrogens (primary N) is 1. The Hall–Kier alpha value is -1.09. The Balaban J connectivity index is 2.12. The van der Waals surface area contributed by atoms with Gasteiger partial charge in [-0.3, -0.25) is 0 Å². The van der Waals surface area contributed by atoms with Crippen LogP contribution in [0.25, 0.3) is 0 Å². The Morgan fingerprint density at radius 3 is 2.67 bits per heavy atom. The van der Waals surface area contributed by atoms with Gasteiger partial charge in [-0.05, 0) is 49.8 Å². The van der Waals surface area contributed by atoms with Crippen LogP contribution >= 0.6 is 0 Å². The minimum Gasteiger partial charge on any atom is -0.354 e. The minimum absolute atomic E-state index is 0.0814. The highest BCUT2D eigenvalue weighted by Gasteiger charge is 2.29. The van der Waals surface area contributed by atoms with E-state index < -0.39 is 0 Å². The van der Waals surface area contributed by atoms with Crippen LogP contribution in [0.15, 0.2) is 18.3 Å². The molecule has 1 aliphatic rings. The van der Waals surface area contributed by atoms with Gasteiger partial charge in [0.1, 0.15) is 5.82 Å². The Morgan fingerprint density at radius 2 is 2.11 bits per heavy atom. The smallest absolute Gasteiger partial charge is 0.129 e. The summed E-state index contributed by atoms with van der Waals surface area (Å²) in [6.07, 6.45) is 5.73. The van der Waals surface area contributed by atoms with Gasteiger partial charge in [-0.15, -0.1) is 0 Å². The van der Waals surface area contributed by atoms with Crippen molar-refractivity contribution in [3.8, 4) is 0 Å². The quantitative estimate of drug-likeness (QED) is 0.840. The van der Waals surface area contributed by atoms with Crippen LogP contribution in [0.1, 0.15) is 51.6 Å². The zero-order valence-electron chi connectivity index (χ0n) is 11.8. The average Bonchev–Trinajstić information content (AvgIpc) is 3.14. The van der Waals surface area contributed by atoms with Gasteiger partial charge in [-0.1, -0.05) is 13.8 Å². The van der Waals surface area contributed by atoms with Crippen molar-refractivity contribution in [1.29, 1.82) is 0 Å². The van der Waals surface area contributed by atoms with Crippen molar-refractivity contribution in [3.63, 3.8) is 0 Å². The third-order valence-corrected chi connectivity index (χ3v) is 3.52. The predicted molar refractivity (Wildman–Crippen MR) is 76.7 cm³/mol. The zero-order valence-corrected chi connectivity index (χ0v) is 11.8. The molecule has 1 aromatic heterocycles. The molecule has 100 valence electrons. The molecule has 0 aliphatic heterocycles. The van der Waals surface area contributed by atoms with Gasteiger partial charge in [0, 0.05) is 24.8 Å². The van der Waals surface area contributed by atoms with Gasteiger partial charge in [0.2, 0.25) is 0 Å². The molecule has 0 unspecified atom stereocenters. The average molecular weight is 247 g/mol. The van der Waals surface area contributed by atoms with Crippen molar-refractivity contribution >= 4 is 5.82 Å². The number of hydrogen-bond acceptors (Lipinski definition) is 3. The Bertz CT molecular complexity index is 383. The van der Waals surface area contributed by atoms with E-state index in [1.807, 2.05) is 19.2 Å². The lowest BCUT2D eigenvalue weighted by molar-refractivity contribution is 0.568. The number of rotatable bonds is 6. The molecule has 1 aromatic rings.